The van der Waals surface area contributed by atoms with E-state index in [1.165, 1.54) is 11.3 Å². The molecule has 10 nitrogen and oxygen atoms in total. The number of anilines is 3. The predicted molar refractivity (Wildman–Crippen MR) is 139 cm³/mol. The Morgan fingerprint density at radius 1 is 1.20 bits per heavy atom. The zero-order valence-electron chi connectivity index (χ0n) is 19.5. The van der Waals surface area contributed by atoms with Crippen molar-refractivity contribution in [1.82, 2.24) is 24.8 Å². The highest BCUT2D eigenvalue weighted by molar-refractivity contribution is 7.13. The molecule has 0 spiro atoms. The molecule has 1 amide bonds. The maximum absolute atomic E-state index is 12.3. The molecule has 1 aliphatic heterocycles. The average Bonchev–Trinajstić information content (AvgIpc) is 3.54. The second-order valence-corrected chi connectivity index (χ2v) is 9.37. The van der Waals surface area contributed by atoms with Crippen molar-refractivity contribution in [3.63, 3.8) is 0 Å². The molecule has 1 fully saturated rings. The lowest BCUT2D eigenvalue weighted by Crippen LogP contribution is -2.48. The van der Waals surface area contributed by atoms with Crippen LogP contribution >= 0.6 is 11.3 Å². The zero-order valence-corrected chi connectivity index (χ0v) is 20.3. The first-order chi connectivity index (χ1) is 17.0. The maximum Gasteiger partial charge on any atom is 0.240 e. The number of imidazole rings is 1. The summed E-state index contributed by atoms with van der Waals surface area (Å²) in [7, 11) is 4.01. The van der Waals surface area contributed by atoms with Gasteiger partial charge in [-0.1, -0.05) is 0 Å². The molecule has 0 atom stereocenters. The van der Waals surface area contributed by atoms with E-state index in [0.717, 1.165) is 22.8 Å². The molecular weight excluding hydrogens is 462 g/mol. The van der Waals surface area contributed by atoms with Gasteiger partial charge in [0.2, 0.25) is 11.6 Å². The molecule has 178 valence electrons. The molecule has 0 saturated carbocycles. The van der Waals surface area contributed by atoms with Gasteiger partial charge in [0.15, 0.2) is 10.8 Å². The lowest BCUT2D eigenvalue weighted by Gasteiger charge is -2.36. The van der Waals surface area contributed by atoms with Gasteiger partial charge in [-0.05, 0) is 24.3 Å². The second kappa shape index (κ2) is 9.69. The number of carbonyl (C=O) groups excluding carboxylic acids is 1. The van der Waals surface area contributed by atoms with E-state index in [4.69, 9.17) is 11.6 Å². The van der Waals surface area contributed by atoms with Crippen molar-refractivity contribution in [2.75, 3.05) is 61.9 Å². The topological polar surface area (TPSA) is 97.6 Å². The molecule has 1 saturated heterocycles. The fraction of sp³-hybridized carbons (Fsp3) is 0.292. The van der Waals surface area contributed by atoms with Gasteiger partial charge in [0, 0.05) is 69.3 Å². The molecule has 1 aliphatic rings. The highest BCUT2D eigenvalue weighted by atomic mass is 32.1. The summed E-state index contributed by atoms with van der Waals surface area (Å²) in [6.45, 7) is 10.8. The largest absolute Gasteiger partial charge is 0.378 e. The molecule has 2 N–H and O–H groups in total. The number of fused-ring (bicyclic) bond motifs is 1. The SMILES string of the molecule is [C-]#[N+]c1cnc2[nH]c(-c3ccc(N(C)C)cc3)nc2c1N1CCN(CC(=O)Nc2nccs2)CC1. The standard InChI is InChI=1S/C24H25N9OS/c1-25-18-14-27-23-20(29-22(30-23)16-4-6-17(7-5-16)31(2)3)21(18)33-11-9-32(10-12-33)15-19(34)28-24-26-8-13-35-24/h4-8,13-14H,9-12,15H2,2-3H3,(H,26,28,34)(H,27,29,30). The molecule has 0 radical (unpaired) electrons. The number of rotatable bonds is 6. The van der Waals surface area contributed by atoms with Crippen LogP contribution < -0.4 is 15.1 Å². The van der Waals surface area contributed by atoms with Crippen molar-refractivity contribution in [1.29, 1.82) is 0 Å². The van der Waals surface area contributed by atoms with Crippen molar-refractivity contribution >= 4 is 50.6 Å². The van der Waals surface area contributed by atoms with Crippen LogP contribution in [0, 0.1) is 6.57 Å². The highest BCUT2D eigenvalue weighted by Gasteiger charge is 2.25. The van der Waals surface area contributed by atoms with Gasteiger partial charge in [-0.25, -0.2) is 19.8 Å². The Hall–Kier alpha value is -4.01. The molecule has 1 aromatic carbocycles. The van der Waals surface area contributed by atoms with Gasteiger partial charge in [0.1, 0.15) is 11.3 Å². The van der Waals surface area contributed by atoms with Crippen molar-refractivity contribution < 1.29 is 4.79 Å². The van der Waals surface area contributed by atoms with E-state index in [9.17, 15) is 4.79 Å². The van der Waals surface area contributed by atoms with E-state index in [2.05, 4.69) is 34.9 Å². The smallest absolute Gasteiger partial charge is 0.240 e. The van der Waals surface area contributed by atoms with Crippen molar-refractivity contribution in [2.45, 2.75) is 0 Å². The van der Waals surface area contributed by atoms with Crippen LogP contribution in [0.5, 0.6) is 0 Å². The summed E-state index contributed by atoms with van der Waals surface area (Å²) < 4.78 is 0. The van der Waals surface area contributed by atoms with Crippen LogP contribution in [-0.2, 0) is 4.79 Å². The third-order valence-electron chi connectivity index (χ3n) is 5.98. The second-order valence-electron chi connectivity index (χ2n) is 8.48. The Labute approximate surface area is 207 Å². The van der Waals surface area contributed by atoms with Crippen LogP contribution in [0.4, 0.5) is 22.2 Å². The molecule has 4 aromatic rings. The number of hydrogen-bond acceptors (Lipinski definition) is 8. The summed E-state index contributed by atoms with van der Waals surface area (Å²) in [5, 5.41) is 5.27. The van der Waals surface area contributed by atoms with E-state index in [1.807, 2.05) is 48.6 Å². The molecule has 0 bridgehead atoms. The van der Waals surface area contributed by atoms with Gasteiger partial charge in [-0.15, -0.1) is 11.3 Å². The normalized spacial score (nSPS) is 14.1. The van der Waals surface area contributed by atoms with Crippen LogP contribution in [0.25, 0.3) is 27.4 Å². The summed E-state index contributed by atoms with van der Waals surface area (Å²) in [6, 6.07) is 8.15. The van der Waals surface area contributed by atoms with Crippen LogP contribution in [0.1, 0.15) is 0 Å². The minimum Gasteiger partial charge on any atom is -0.378 e. The first-order valence-corrected chi connectivity index (χ1v) is 12.1. The number of pyridine rings is 1. The van der Waals surface area contributed by atoms with E-state index < -0.39 is 0 Å². The molecule has 4 heterocycles. The van der Waals surface area contributed by atoms with Crippen molar-refractivity contribution in [3.8, 4) is 11.4 Å². The molecule has 0 aliphatic carbocycles. The highest BCUT2D eigenvalue weighted by Crippen LogP contribution is 2.36. The van der Waals surface area contributed by atoms with Crippen molar-refractivity contribution in [3.05, 3.63) is 53.5 Å². The van der Waals surface area contributed by atoms with E-state index in [1.54, 1.807) is 12.4 Å². The van der Waals surface area contributed by atoms with Crippen LogP contribution in [0.2, 0.25) is 0 Å². The average molecular weight is 488 g/mol. The Kier molecular flexibility index (Phi) is 6.31. The van der Waals surface area contributed by atoms with Crippen LogP contribution in [0.3, 0.4) is 0 Å². The maximum atomic E-state index is 12.3. The summed E-state index contributed by atoms with van der Waals surface area (Å²) in [5.74, 6) is 0.650. The Bertz CT molecular complexity index is 1360. The number of aromatic nitrogens is 4. The minimum absolute atomic E-state index is 0.0706. The molecule has 11 heteroatoms. The van der Waals surface area contributed by atoms with Crippen LogP contribution in [-0.4, -0.2) is 77.6 Å². The number of carbonyl (C=O) groups is 1. The minimum atomic E-state index is -0.0706. The zero-order chi connectivity index (χ0) is 24.4. The summed E-state index contributed by atoms with van der Waals surface area (Å²) in [6.07, 6.45) is 3.28. The third-order valence-corrected chi connectivity index (χ3v) is 6.67. The molecule has 5 rings (SSSR count). The van der Waals surface area contributed by atoms with Gasteiger partial charge >= 0.3 is 0 Å². The number of H-pyrrole nitrogens is 1. The van der Waals surface area contributed by atoms with Gasteiger partial charge in [-0.2, -0.15) is 0 Å². The first kappa shape index (κ1) is 22.8. The molecule has 35 heavy (non-hydrogen) atoms. The van der Waals surface area contributed by atoms with Crippen LogP contribution in [0.15, 0.2) is 42.0 Å². The number of nitrogens with zero attached hydrogens (tertiary/aromatic N) is 7. The number of hydrogen-bond donors (Lipinski definition) is 2. The van der Waals surface area contributed by atoms with Gasteiger partial charge in [0.05, 0.1) is 18.8 Å². The fourth-order valence-corrected chi connectivity index (χ4v) is 4.70. The Morgan fingerprint density at radius 3 is 2.63 bits per heavy atom. The molecular formula is C24H25N9OS. The predicted octanol–water partition coefficient (Wildman–Crippen LogP) is 3.46. The number of piperazine rings is 1. The van der Waals surface area contributed by atoms with E-state index >= 15 is 0 Å². The number of nitrogens with one attached hydrogen (secondary N) is 2. The first-order valence-electron chi connectivity index (χ1n) is 11.2. The third kappa shape index (κ3) is 4.80. The van der Waals surface area contributed by atoms with E-state index in [0.29, 0.717) is 54.7 Å². The lowest BCUT2D eigenvalue weighted by atomic mass is 10.2. The van der Waals surface area contributed by atoms with Gasteiger partial charge < -0.3 is 20.1 Å². The number of amides is 1. The number of benzene rings is 1. The number of thiazole rings is 1. The Morgan fingerprint density at radius 2 is 1.97 bits per heavy atom. The van der Waals surface area contributed by atoms with E-state index in [-0.39, 0.29) is 5.91 Å². The van der Waals surface area contributed by atoms with Gasteiger partial charge in [-0.3, -0.25) is 9.69 Å². The summed E-state index contributed by atoms with van der Waals surface area (Å²) in [5.41, 5.74) is 4.69. The monoisotopic (exact) mass is 487 g/mol. The number of aromatic amines is 1. The fourth-order valence-electron chi connectivity index (χ4n) is 4.16. The molecule has 0 unspecified atom stereocenters. The van der Waals surface area contributed by atoms with Crippen molar-refractivity contribution in [2.24, 2.45) is 0 Å². The van der Waals surface area contributed by atoms with Gasteiger partial charge in [0.25, 0.3) is 0 Å². The lowest BCUT2D eigenvalue weighted by molar-refractivity contribution is -0.117. The summed E-state index contributed by atoms with van der Waals surface area (Å²) >= 11 is 1.40. The molecule has 3 aromatic heterocycles. The Balaban J connectivity index is 1.34. The quantitative estimate of drug-likeness (QED) is 0.402. The summed E-state index contributed by atoms with van der Waals surface area (Å²) in [4.78, 5) is 39.1.